The van der Waals surface area contributed by atoms with E-state index in [2.05, 4.69) is 17.0 Å². The number of hydrogen-bond donors (Lipinski definition) is 2. The van der Waals surface area contributed by atoms with Crippen LogP contribution >= 0.6 is 0 Å². The van der Waals surface area contributed by atoms with E-state index in [9.17, 15) is 8.42 Å². The Balaban J connectivity index is 1.78. The van der Waals surface area contributed by atoms with Gasteiger partial charge in [0.1, 0.15) is 0 Å². The van der Waals surface area contributed by atoms with E-state index in [-0.39, 0.29) is 17.8 Å². The Morgan fingerprint density at radius 1 is 1.31 bits per heavy atom. The number of hydrogen-bond acceptors (Lipinski definition) is 3. The highest BCUT2D eigenvalue weighted by Crippen LogP contribution is 2.26. The van der Waals surface area contributed by atoms with E-state index >= 15 is 0 Å². The zero-order valence-corrected chi connectivity index (χ0v) is 10.7. The molecule has 1 saturated carbocycles. The quantitative estimate of drug-likeness (QED) is 0.773. The lowest BCUT2D eigenvalue weighted by atomic mass is 9.83. The van der Waals surface area contributed by atoms with Crippen LogP contribution in [0.5, 0.6) is 0 Å². The van der Waals surface area contributed by atoms with Crippen LogP contribution in [0.4, 0.5) is 0 Å². The maximum absolute atomic E-state index is 11.9. The van der Waals surface area contributed by atoms with Crippen LogP contribution in [0.3, 0.4) is 0 Å². The number of nitrogens with one attached hydrogen (secondary N) is 2. The fraction of sp³-hybridized carbons (Fsp3) is 1.00. The lowest BCUT2D eigenvalue weighted by molar-refractivity contribution is 0.270. The Kier molecular flexibility index (Phi) is 3.87. The van der Waals surface area contributed by atoms with Crippen molar-refractivity contribution in [1.29, 1.82) is 0 Å². The minimum absolute atomic E-state index is 0.156. The molecule has 0 aromatic heterocycles. The summed E-state index contributed by atoms with van der Waals surface area (Å²) >= 11 is 0. The van der Waals surface area contributed by atoms with Gasteiger partial charge in [-0.25, -0.2) is 13.1 Å². The standard InChI is InChI=1S/C11H22N2O2S/c1-9-6-11(7-9)13-16(14,15)8-10-4-2-3-5-12-10/h9-13H,2-8H2,1H3. The second-order valence-electron chi connectivity index (χ2n) is 5.32. The summed E-state index contributed by atoms with van der Waals surface area (Å²) in [4.78, 5) is 0. The average Bonchev–Trinajstić information content (AvgIpc) is 2.15. The van der Waals surface area contributed by atoms with Gasteiger partial charge in [0, 0.05) is 12.1 Å². The predicted octanol–water partition coefficient (Wildman–Crippen LogP) is 0.846. The Morgan fingerprint density at radius 3 is 2.62 bits per heavy atom. The molecule has 1 heterocycles. The van der Waals surface area contributed by atoms with Crippen molar-refractivity contribution in [2.24, 2.45) is 5.92 Å². The molecular formula is C11H22N2O2S. The summed E-state index contributed by atoms with van der Waals surface area (Å²) in [7, 11) is -3.08. The Hall–Kier alpha value is -0.130. The lowest BCUT2D eigenvalue weighted by Crippen LogP contribution is -2.48. The Morgan fingerprint density at radius 2 is 2.06 bits per heavy atom. The van der Waals surface area contributed by atoms with E-state index < -0.39 is 10.0 Å². The molecule has 5 heteroatoms. The van der Waals surface area contributed by atoms with Crippen LogP contribution in [-0.4, -0.2) is 32.8 Å². The van der Waals surface area contributed by atoms with Crippen molar-refractivity contribution < 1.29 is 8.42 Å². The maximum Gasteiger partial charge on any atom is 0.213 e. The third-order valence-electron chi connectivity index (χ3n) is 3.55. The number of piperidine rings is 1. The molecule has 16 heavy (non-hydrogen) atoms. The molecule has 1 saturated heterocycles. The molecule has 2 fully saturated rings. The van der Waals surface area contributed by atoms with Gasteiger partial charge in [-0.15, -0.1) is 0 Å². The van der Waals surface area contributed by atoms with Crippen LogP contribution in [0.1, 0.15) is 39.0 Å². The van der Waals surface area contributed by atoms with Crippen LogP contribution in [-0.2, 0) is 10.0 Å². The third-order valence-corrected chi connectivity index (χ3v) is 5.09. The van der Waals surface area contributed by atoms with Gasteiger partial charge in [-0.3, -0.25) is 0 Å². The largest absolute Gasteiger partial charge is 0.313 e. The van der Waals surface area contributed by atoms with Crippen LogP contribution in [0, 0.1) is 5.92 Å². The molecule has 94 valence electrons. The van der Waals surface area contributed by atoms with Gasteiger partial charge in [0.2, 0.25) is 10.0 Å². The van der Waals surface area contributed by atoms with E-state index in [4.69, 9.17) is 0 Å². The first-order chi connectivity index (χ1) is 7.55. The van der Waals surface area contributed by atoms with Gasteiger partial charge in [0.05, 0.1) is 5.75 Å². The highest BCUT2D eigenvalue weighted by molar-refractivity contribution is 7.89. The van der Waals surface area contributed by atoms with Gasteiger partial charge in [-0.2, -0.15) is 0 Å². The van der Waals surface area contributed by atoms with E-state index in [1.807, 2.05) is 0 Å². The van der Waals surface area contributed by atoms with Crippen molar-refractivity contribution >= 4 is 10.0 Å². The van der Waals surface area contributed by atoms with Crippen molar-refractivity contribution in [2.45, 2.75) is 51.1 Å². The zero-order valence-electron chi connectivity index (χ0n) is 9.91. The SMILES string of the molecule is CC1CC(NS(=O)(=O)CC2CCCCN2)C1. The Bertz CT molecular complexity index is 317. The smallest absolute Gasteiger partial charge is 0.213 e. The van der Waals surface area contributed by atoms with Crippen LogP contribution in [0.2, 0.25) is 0 Å². The van der Waals surface area contributed by atoms with Crippen LogP contribution in [0.25, 0.3) is 0 Å². The monoisotopic (exact) mass is 246 g/mol. The maximum atomic E-state index is 11.9. The lowest BCUT2D eigenvalue weighted by Gasteiger charge is -2.33. The van der Waals surface area contributed by atoms with Crippen molar-refractivity contribution in [3.63, 3.8) is 0 Å². The molecule has 4 nitrogen and oxygen atoms in total. The first-order valence-electron chi connectivity index (χ1n) is 6.28. The highest BCUT2D eigenvalue weighted by Gasteiger charge is 2.30. The molecule has 0 bridgehead atoms. The fourth-order valence-corrected chi connectivity index (χ4v) is 4.24. The molecule has 2 rings (SSSR count). The van der Waals surface area contributed by atoms with Crippen molar-refractivity contribution in [3.05, 3.63) is 0 Å². The van der Waals surface area contributed by atoms with E-state index in [1.165, 1.54) is 6.42 Å². The summed E-state index contributed by atoms with van der Waals surface area (Å²) in [6, 6.07) is 0.354. The minimum atomic E-state index is -3.08. The molecule has 2 N–H and O–H groups in total. The molecule has 1 atom stereocenters. The molecule has 0 amide bonds. The molecule has 1 unspecified atom stereocenters. The molecule has 1 aliphatic heterocycles. The van der Waals surface area contributed by atoms with Crippen molar-refractivity contribution in [1.82, 2.24) is 10.0 Å². The summed E-state index contributed by atoms with van der Waals surface area (Å²) in [5, 5.41) is 3.27. The van der Waals surface area contributed by atoms with E-state index in [0.29, 0.717) is 5.92 Å². The first kappa shape index (κ1) is 12.3. The zero-order chi connectivity index (χ0) is 11.6. The van der Waals surface area contributed by atoms with Crippen LogP contribution < -0.4 is 10.0 Å². The second-order valence-corrected chi connectivity index (χ2v) is 7.12. The summed E-state index contributed by atoms with van der Waals surface area (Å²) < 4.78 is 26.5. The summed E-state index contributed by atoms with van der Waals surface area (Å²) in [6.07, 6.45) is 5.30. The minimum Gasteiger partial charge on any atom is -0.313 e. The highest BCUT2D eigenvalue weighted by atomic mass is 32.2. The number of sulfonamides is 1. The fourth-order valence-electron chi connectivity index (χ4n) is 2.63. The number of rotatable bonds is 4. The van der Waals surface area contributed by atoms with Gasteiger partial charge >= 0.3 is 0 Å². The summed E-state index contributed by atoms with van der Waals surface area (Å²) in [5.41, 5.74) is 0. The first-order valence-corrected chi connectivity index (χ1v) is 7.94. The molecule has 0 radical (unpaired) electrons. The molecular weight excluding hydrogens is 224 g/mol. The van der Waals surface area contributed by atoms with Gasteiger partial charge in [-0.05, 0) is 38.1 Å². The van der Waals surface area contributed by atoms with Crippen molar-refractivity contribution in [2.75, 3.05) is 12.3 Å². The van der Waals surface area contributed by atoms with Gasteiger partial charge in [0.15, 0.2) is 0 Å². The van der Waals surface area contributed by atoms with E-state index in [1.54, 1.807) is 0 Å². The van der Waals surface area contributed by atoms with Gasteiger partial charge in [0.25, 0.3) is 0 Å². The van der Waals surface area contributed by atoms with Crippen LogP contribution in [0.15, 0.2) is 0 Å². The Labute approximate surface area is 98.2 Å². The normalized spacial score (nSPS) is 35.7. The molecule has 2 aliphatic rings. The topological polar surface area (TPSA) is 58.2 Å². The average molecular weight is 246 g/mol. The summed E-state index contributed by atoms with van der Waals surface area (Å²) in [5.74, 6) is 0.929. The molecule has 1 aliphatic carbocycles. The molecule has 0 aromatic carbocycles. The van der Waals surface area contributed by atoms with Crippen molar-refractivity contribution in [3.8, 4) is 0 Å². The van der Waals surface area contributed by atoms with Gasteiger partial charge in [-0.1, -0.05) is 13.3 Å². The predicted molar refractivity (Wildman–Crippen MR) is 64.8 cm³/mol. The third kappa shape index (κ3) is 3.43. The van der Waals surface area contributed by atoms with E-state index in [0.717, 1.165) is 32.2 Å². The molecule has 0 aromatic rings. The summed E-state index contributed by atoms with van der Waals surface area (Å²) in [6.45, 7) is 3.12. The van der Waals surface area contributed by atoms with Gasteiger partial charge < -0.3 is 5.32 Å². The second kappa shape index (κ2) is 5.02. The molecule has 0 spiro atoms.